The maximum Gasteiger partial charge on any atom is 0.261 e. The lowest BCUT2D eigenvalue weighted by Crippen LogP contribution is -2.49. The van der Waals surface area contributed by atoms with Crippen molar-refractivity contribution in [2.24, 2.45) is 11.5 Å². The van der Waals surface area contributed by atoms with Crippen LogP contribution in [0.25, 0.3) is 5.57 Å². The molecule has 1 saturated heterocycles. The number of nitrogens with zero attached hydrogens (tertiary/aromatic N) is 4. The van der Waals surface area contributed by atoms with Crippen molar-refractivity contribution in [3.05, 3.63) is 48.2 Å². The Morgan fingerprint density at radius 3 is 2.59 bits per heavy atom. The van der Waals surface area contributed by atoms with Crippen molar-refractivity contribution in [2.45, 2.75) is 18.9 Å². The number of hydrogen-bond acceptors (Lipinski definition) is 9. The predicted molar refractivity (Wildman–Crippen MR) is 127 cm³/mol. The highest BCUT2D eigenvalue weighted by atomic mass is 16.5. The molecule has 11 heteroatoms. The number of carbonyl (C=O) groups excluding carboxylic acids is 2. The summed E-state index contributed by atoms with van der Waals surface area (Å²) in [6, 6.07) is 5.36. The van der Waals surface area contributed by atoms with E-state index >= 15 is 0 Å². The lowest BCUT2D eigenvalue weighted by Gasteiger charge is -2.37. The first-order chi connectivity index (χ1) is 16.3. The molecule has 4 rings (SSSR count). The van der Waals surface area contributed by atoms with Crippen LogP contribution in [0.3, 0.4) is 0 Å². The summed E-state index contributed by atoms with van der Waals surface area (Å²) in [6.07, 6.45) is 4.64. The first-order valence-electron chi connectivity index (χ1n) is 11.0. The summed E-state index contributed by atoms with van der Waals surface area (Å²) in [7, 11) is 0. The van der Waals surface area contributed by atoms with Crippen LogP contribution in [0.4, 0.5) is 11.4 Å². The van der Waals surface area contributed by atoms with E-state index in [0.717, 1.165) is 11.3 Å². The minimum Gasteiger partial charge on any atom is -0.490 e. The molecule has 2 aromatic rings. The number of ether oxygens (including phenoxy) is 1. The normalized spacial score (nSPS) is 20.9. The van der Waals surface area contributed by atoms with Crippen LogP contribution >= 0.6 is 0 Å². The Balaban J connectivity index is 1.63. The number of aromatic nitrogens is 2. The maximum atomic E-state index is 13.1. The molecule has 1 aromatic heterocycles. The number of rotatable bonds is 6. The van der Waals surface area contributed by atoms with Gasteiger partial charge in [-0.15, -0.1) is 0 Å². The average molecular weight is 468 g/mol. The third-order valence-corrected chi connectivity index (χ3v) is 5.85. The van der Waals surface area contributed by atoms with Gasteiger partial charge in [0.25, 0.3) is 5.91 Å². The zero-order valence-electron chi connectivity index (χ0n) is 19.0. The van der Waals surface area contributed by atoms with Crippen molar-refractivity contribution in [1.82, 2.24) is 14.9 Å². The van der Waals surface area contributed by atoms with E-state index in [-0.39, 0.29) is 30.5 Å². The minimum atomic E-state index is -1.00. The van der Waals surface area contributed by atoms with Gasteiger partial charge in [0.1, 0.15) is 12.4 Å². The molecule has 11 nitrogen and oxygen atoms in total. The number of piperazine rings is 1. The Kier molecular flexibility index (Phi) is 6.66. The van der Waals surface area contributed by atoms with Gasteiger partial charge in [0, 0.05) is 57.3 Å². The van der Waals surface area contributed by atoms with Crippen molar-refractivity contribution in [3.63, 3.8) is 0 Å². The van der Waals surface area contributed by atoms with Crippen LogP contribution in [0.1, 0.15) is 18.3 Å². The number of fused-ring (bicyclic) bond motifs is 1. The lowest BCUT2D eigenvalue weighted by molar-refractivity contribution is -0.119. The second-order valence-corrected chi connectivity index (χ2v) is 8.78. The Morgan fingerprint density at radius 1 is 1.24 bits per heavy atom. The molecule has 6 N–H and O–H groups in total. The quantitative estimate of drug-likeness (QED) is 0.419. The van der Waals surface area contributed by atoms with Gasteiger partial charge in [0.2, 0.25) is 5.91 Å². The van der Waals surface area contributed by atoms with E-state index in [1.54, 1.807) is 13.0 Å². The lowest BCUT2D eigenvalue weighted by atomic mass is 9.93. The molecule has 2 amide bonds. The highest BCUT2D eigenvalue weighted by molar-refractivity contribution is 6.24. The SMILES string of the molecule is C[C@]1(O)COc2cc(N3CCN(CC(N)=O)CC3)c(NC(=O)/C(=C/N)c3ncccn3)cc2C1. The summed E-state index contributed by atoms with van der Waals surface area (Å²) in [4.78, 5) is 36.8. The largest absolute Gasteiger partial charge is 0.490 e. The summed E-state index contributed by atoms with van der Waals surface area (Å²) in [5, 5.41) is 13.4. The van der Waals surface area contributed by atoms with Crippen molar-refractivity contribution >= 4 is 28.8 Å². The summed E-state index contributed by atoms with van der Waals surface area (Å²) in [6.45, 7) is 4.66. The topological polar surface area (TPSA) is 160 Å². The number of nitrogens with one attached hydrogen (secondary N) is 1. The van der Waals surface area contributed by atoms with Gasteiger partial charge in [-0.1, -0.05) is 0 Å². The molecule has 0 aliphatic carbocycles. The molecule has 2 aliphatic rings. The van der Waals surface area contributed by atoms with E-state index in [0.29, 0.717) is 44.0 Å². The number of nitrogens with two attached hydrogens (primary N) is 2. The maximum absolute atomic E-state index is 13.1. The molecule has 34 heavy (non-hydrogen) atoms. The number of anilines is 2. The third kappa shape index (κ3) is 5.26. The van der Waals surface area contributed by atoms with E-state index in [2.05, 4.69) is 20.2 Å². The van der Waals surface area contributed by atoms with Crippen LogP contribution in [0.5, 0.6) is 5.75 Å². The molecule has 1 atom stereocenters. The second-order valence-electron chi connectivity index (χ2n) is 8.78. The van der Waals surface area contributed by atoms with E-state index in [1.807, 2.05) is 17.0 Å². The van der Waals surface area contributed by atoms with Gasteiger partial charge in [-0.25, -0.2) is 9.97 Å². The van der Waals surface area contributed by atoms with Crippen LogP contribution < -0.4 is 26.4 Å². The van der Waals surface area contributed by atoms with Gasteiger partial charge in [0.05, 0.1) is 29.1 Å². The monoisotopic (exact) mass is 467 g/mol. The van der Waals surface area contributed by atoms with E-state index < -0.39 is 11.5 Å². The highest BCUT2D eigenvalue weighted by Gasteiger charge is 2.31. The van der Waals surface area contributed by atoms with Crippen LogP contribution in [0.15, 0.2) is 36.8 Å². The van der Waals surface area contributed by atoms with E-state index in [4.69, 9.17) is 16.2 Å². The Hall–Kier alpha value is -3.70. The third-order valence-electron chi connectivity index (χ3n) is 5.85. The van der Waals surface area contributed by atoms with Crippen LogP contribution in [-0.4, -0.2) is 76.7 Å². The molecule has 2 aliphatic heterocycles. The van der Waals surface area contributed by atoms with Crippen molar-refractivity contribution in [3.8, 4) is 5.75 Å². The van der Waals surface area contributed by atoms with Crippen LogP contribution in [0, 0.1) is 0 Å². The molecule has 3 heterocycles. The summed E-state index contributed by atoms with van der Waals surface area (Å²) >= 11 is 0. The van der Waals surface area contributed by atoms with Crippen LogP contribution in [0.2, 0.25) is 0 Å². The van der Waals surface area contributed by atoms with E-state index in [1.165, 1.54) is 18.6 Å². The van der Waals surface area contributed by atoms with Gasteiger partial charge < -0.3 is 31.5 Å². The van der Waals surface area contributed by atoms with Gasteiger partial charge in [-0.05, 0) is 24.6 Å². The van der Waals surface area contributed by atoms with Gasteiger partial charge in [0.15, 0.2) is 5.82 Å². The molecule has 1 aromatic carbocycles. The highest BCUT2D eigenvalue weighted by Crippen LogP contribution is 2.39. The molecule has 1 fully saturated rings. The number of benzene rings is 1. The molecular weight excluding hydrogens is 438 g/mol. The average Bonchev–Trinajstić information content (AvgIpc) is 2.79. The number of hydrogen-bond donors (Lipinski definition) is 4. The van der Waals surface area contributed by atoms with Crippen molar-refractivity contribution < 1.29 is 19.4 Å². The summed E-state index contributed by atoms with van der Waals surface area (Å²) in [5.74, 6) is 0.0686. The molecule has 180 valence electrons. The fourth-order valence-electron chi connectivity index (χ4n) is 4.19. The fourth-order valence-corrected chi connectivity index (χ4v) is 4.19. The fraction of sp³-hybridized carbons (Fsp3) is 0.391. The van der Waals surface area contributed by atoms with Gasteiger partial charge in [-0.3, -0.25) is 14.5 Å². The van der Waals surface area contributed by atoms with Crippen LogP contribution in [-0.2, 0) is 16.0 Å². The first kappa shape index (κ1) is 23.5. The Morgan fingerprint density at radius 2 is 1.94 bits per heavy atom. The second kappa shape index (κ2) is 9.65. The zero-order chi connectivity index (χ0) is 24.3. The number of aliphatic hydroxyl groups is 1. The standard InChI is InChI=1S/C23H29N7O4/c1-23(33)11-15-9-17(28-22(32)16(12-24)21-26-3-2-4-27-21)18(10-19(15)34-14-23)30-7-5-29(6-8-30)13-20(25)31/h2-4,9-10,12,33H,5-8,11,13-14,24H2,1H3,(H2,25,31)(H,28,32)/b16-12+/t23-/m1/s1. The number of carbonyl (C=O) groups is 2. The smallest absolute Gasteiger partial charge is 0.261 e. The Bertz CT molecular complexity index is 1100. The Labute approximate surface area is 197 Å². The van der Waals surface area contributed by atoms with Crippen molar-refractivity contribution in [2.75, 3.05) is 49.5 Å². The molecule has 0 saturated carbocycles. The predicted octanol–water partition coefficient (Wildman–Crippen LogP) is -0.292. The number of primary amides is 1. The zero-order valence-corrected chi connectivity index (χ0v) is 19.0. The van der Waals surface area contributed by atoms with Gasteiger partial charge >= 0.3 is 0 Å². The molecule has 0 spiro atoms. The molecule has 0 radical (unpaired) electrons. The molecular formula is C23H29N7O4. The molecule has 0 bridgehead atoms. The molecule has 0 unspecified atom stereocenters. The first-order valence-corrected chi connectivity index (χ1v) is 11.0. The number of amides is 2. The minimum absolute atomic E-state index is 0.138. The summed E-state index contributed by atoms with van der Waals surface area (Å²) < 4.78 is 5.83. The van der Waals surface area contributed by atoms with E-state index in [9.17, 15) is 14.7 Å². The van der Waals surface area contributed by atoms with Crippen molar-refractivity contribution in [1.29, 1.82) is 0 Å². The van der Waals surface area contributed by atoms with Gasteiger partial charge in [-0.2, -0.15) is 0 Å². The summed E-state index contributed by atoms with van der Waals surface area (Å²) in [5.41, 5.74) is 12.3.